The maximum atomic E-state index is 13.4. The topological polar surface area (TPSA) is 58.6 Å². The van der Waals surface area contributed by atoms with Crippen LogP contribution in [0.4, 0.5) is 4.39 Å². The molecule has 0 atom stereocenters. The van der Waals surface area contributed by atoms with Crippen LogP contribution in [0.1, 0.15) is 24.8 Å². The van der Waals surface area contributed by atoms with E-state index in [-0.39, 0.29) is 31.3 Å². The molecule has 1 saturated carbocycles. The Morgan fingerprint density at radius 1 is 1.50 bits per heavy atom. The van der Waals surface area contributed by atoms with Crippen molar-refractivity contribution in [2.75, 3.05) is 6.61 Å². The maximum absolute atomic E-state index is 13.4. The number of aliphatic hydroxyl groups is 1. The van der Waals surface area contributed by atoms with Crippen molar-refractivity contribution in [3.8, 4) is 5.75 Å². The number of carbonyl (C=O) groups excluding carboxylic acids is 1. The van der Waals surface area contributed by atoms with E-state index >= 15 is 0 Å². The maximum Gasteiger partial charge on any atom is 0.223 e. The van der Waals surface area contributed by atoms with Crippen molar-refractivity contribution in [3.63, 3.8) is 0 Å². The molecule has 1 fully saturated rings. The van der Waals surface area contributed by atoms with E-state index in [4.69, 9.17) is 9.84 Å². The molecule has 1 aliphatic carbocycles. The molecule has 0 saturated heterocycles. The van der Waals surface area contributed by atoms with Crippen LogP contribution in [0.25, 0.3) is 0 Å². The van der Waals surface area contributed by atoms with Gasteiger partial charge >= 0.3 is 0 Å². The number of aliphatic hydroxyl groups excluding tert-OH is 1. The van der Waals surface area contributed by atoms with Crippen LogP contribution in [0.3, 0.4) is 0 Å². The smallest absolute Gasteiger partial charge is 0.223 e. The fourth-order valence-corrected chi connectivity index (χ4v) is 1.54. The summed E-state index contributed by atoms with van der Waals surface area (Å²) in [6.45, 7) is -0.0606. The number of carbonyl (C=O) groups is 1. The van der Waals surface area contributed by atoms with Gasteiger partial charge in [0.15, 0.2) is 11.6 Å². The average Bonchev–Trinajstić information content (AvgIpc) is 3.15. The predicted octanol–water partition coefficient (Wildman–Crippen LogP) is 1.37. The van der Waals surface area contributed by atoms with Crippen molar-refractivity contribution in [1.29, 1.82) is 0 Å². The first-order chi connectivity index (χ1) is 8.69. The van der Waals surface area contributed by atoms with Crippen LogP contribution in [0, 0.1) is 5.82 Å². The number of halogens is 1. The van der Waals surface area contributed by atoms with Gasteiger partial charge in [0.25, 0.3) is 0 Å². The van der Waals surface area contributed by atoms with Gasteiger partial charge in [0.1, 0.15) is 0 Å². The molecule has 1 aromatic rings. The number of benzene rings is 1. The van der Waals surface area contributed by atoms with E-state index in [1.54, 1.807) is 6.07 Å². The highest BCUT2D eigenvalue weighted by molar-refractivity contribution is 5.76. The lowest BCUT2D eigenvalue weighted by atomic mass is 10.2. The first kappa shape index (κ1) is 12.8. The summed E-state index contributed by atoms with van der Waals surface area (Å²) in [5.41, 5.74) is 0.492. The van der Waals surface area contributed by atoms with Crippen molar-refractivity contribution in [2.45, 2.75) is 31.9 Å². The first-order valence-electron chi connectivity index (χ1n) is 6.00. The van der Waals surface area contributed by atoms with E-state index in [1.807, 2.05) is 0 Å². The van der Waals surface area contributed by atoms with Crippen LogP contribution in [0.15, 0.2) is 18.2 Å². The van der Waals surface area contributed by atoms with Gasteiger partial charge in [0.05, 0.1) is 19.6 Å². The number of nitrogens with one attached hydrogen (secondary N) is 1. The second-order valence-corrected chi connectivity index (χ2v) is 4.36. The Hall–Kier alpha value is -1.62. The predicted molar refractivity (Wildman–Crippen MR) is 63.6 cm³/mol. The monoisotopic (exact) mass is 253 g/mol. The van der Waals surface area contributed by atoms with Crippen LogP contribution in [-0.4, -0.2) is 23.7 Å². The number of rotatable bonds is 6. The zero-order valence-electron chi connectivity index (χ0n) is 9.99. The highest BCUT2D eigenvalue weighted by Gasteiger charge is 2.22. The van der Waals surface area contributed by atoms with Crippen molar-refractivity contribution in [1.82, 2.24) is 5.32 Å². The zero-order valence-corrected chi connectivity index (χ0v) is 9.99. The summed E-state index contributed by atoms with van der Waals surface area (Å²) in [6, 6.07) is 4.60. The van der Waals surface area contributed by atoms with E-state index in [2.05, 4.69) is 5.32 Å². The number of hydrogen-bond donors (Lipinski definition) is 2. The highest BCUT2D eigenvalue weighted by atomic mass is 19.1. The molecule has 0 heterocycles. The molecule has 1 aliphatic rings. The van der Waals surface area contributed by atoms with Crippen LogP contribution < -0.4 is 10.1 Å². The second kappa shape index (κ2) is 5.82. The molecular weight excluding hydrogens is 237 g/mol. The van der Waals surface area contributed by atoms with Crippen molar-refractivity contribution in [3.05, 3.63) is 29.6 Å². The lowest BCUT2D eigenvalue weighted by molar-refractivity contribution is -0.121. The summed E-state index contributed by atoms with van der Waals surface area (Å²) in [4.78, 5) is 11.4. The lowest BCUT2D eigenvalue weighted by Gasteiger charge is -2.08. The van der Waals surface area contributed by atoms with Crippen LogP contribution >= 0.6 is 0 Å². The van der Waals surface area contributed by atoms with Gasteiger partial charge in [-0.1, -0.05) is 6.07 Å². The summed E-state index contributed by atoms with van der Waals surface area (Å²) in [6.07, 6.45) is 2.31. The molecule has 4 nitrogen and oxygen atoms in total. The van der Waals surface area contributed by atoms with Gasteiger partial charge in [0, 0.05) is 6.04 Å². The van der Waals surface area contributed by atoms with Gasteiger partial charge < -0.3 is 15.2 Å². The van der Waals surface area contributed by atoms with Gasteiger partial charge in [-0.3, -0.25) is 4.79 Å². The van der Waals surface area contributed by atoms with Crippen LogP contribution in [-0.2, 0) is 11.4 Å². The molecule has 1 amide bonds. The SMILES string of the molecule is O=C(CCOc1ccc(CO)cc1F)NC1CC1. The summed E-state index contributed by atoms with van der Waals surface area (Å²) in [7, 11) is 0. The van der Waals surface area contributed by atoms with Gasteiger partial charge in [-0.25, -0.2) is 4.39 Å². The van der Waals surface area contributed by atoms with Crippen molar-refractivity contribution in [2.24, 2.45) is 0 Å². The molecule has 5 heteroatoms. The summed E-state index contributed by atoms with van der Waals surface area (Å²) in [5, 5.41) is 11.7. The van der Waals surface area contributed by atoms with Gasteiger partial charge in [-0.05, 0) is 30.5 Å². The molecule has 2 rings (SSSR count). The van der Waals surface area contributed by atoms with Gasteiger partial charge in [-0.15, -0.1) is 0 Å². The Kier molecular flexibility index (Phi) is 4.15. The third kappa shape index (κ3) is 3.70. The summed E-state index contributed by atoms with van der Waals surface area (Å²) in [5.74, 6) is -0.486. The minimum absolute atomic E-state index is 0.0649. The molecule has 0 aromatic heterocycles. The van der Waals surface area contributed by atoms with E-state index in [9.17, 15) is 9.18 Å². The quantitative estimate of drug-likeness (QED) is 0.805. The summed E-state index contributed by atoms with van der Waals surface area (Å²) < 4.78 is 18.6. The Morgan fingerprint density at radius 3 is 2.89 bits per heavy atom. The number of amides is 1. The molecule has 0 radical (unpaired) electrons. The number of ether oxygens (including phenoxy) is 1. The van der Waals surface area contributed by atoms with E-state index < -0.39 is 5.82 Å². The average molecular weight is 253 g/mol. The zero-order chi connectivity index (χ0) is 13.0. The molecule has 98 valence electrons. The molecule has 1 aromatic carbocycles. The van der Waals surface area contributed by atoms with E-state index in [1.165, 1.54) is 12.1 Å². The first-order valence-corrected chi connectivity index (χ1v) is 6.00. The molecule has 0 aliphatic heterocycles. The third-order valence-corrected chi connectivity index (χ3v) is 2.71. The molecule has 18 heavy (non-hydrogen) atoms. The standard InChI is InChI=1S/C13H16FNO3/c14-11-7-9(8-16)1-4-12(11)18-6-5-13(17)15-10-2-3-10/h1,4,7,10,16H,2-3,5-6,8H2,(H,15,17). The van der Waals surface area contributed by atoms with E-state index in [0.717, 1.165) is 12.8 Å². The largest absolute Gasteiger partial charge is 0.490 e. The third-order valence-electron chi connectivity index (χ3n) is 2.71. The van der Waals surface area contributed by atoms with E-state index in [0.29, 0.717) is 11.6 Å². The molecule has 0 spiro atoms. The lowest BCUT2D eigenvalue weighted by Crippen LogP contribution is -2.26. The normalized spacial score (nSPS) is 14.3. The minimum Gasteiger partial charge on any atom is -0.490 e. The van der Waals surface area contributed by atoms with Gasteiger partial charge in [0.2, 0.25) is 5.91 Å². The van der Waals surface area contributed by atoms with Crippen LogP contribution in [0.2, 0.25) is 0 Å². The van der Waals surface area contributed by atoms with Crippen molar-refractivity contribution >= 4 is 5.91 Å². The summed E-state index contributed by atoms with van der Waals surface area (Å²) >= 11 is 0. The second-order valence-electron chi connectivity index (χ2n) is 4.36. The van der Waals surface area contributed by atoms with Gasteiger partial charge in [-0.2, -0.15) is 0 Å². The number of hydrogen-bond acceptors (Lipinski definition) is 3. The Balaban J connectivity index is 1.76. The Bertz CT molecular complexity index is 432. The van der Waals surface area contributed by atoms with Crippen LogP contribution in [0.5, 0.6) is 5.75 Å². The Morgan fingerprint density at radius 2 is 2.28 bits per heavy atom. The Labute approximate surface area is 105 Å². The molecule has 2 N–H and O–H groups in total. The minimum atomic E-state index is -0.524. The molecule has 0 bridgehead atoms. The van der Waals surface area contributed by atoms with Crippen molar-refractivity contribution < 1.29 is 19.0 Å². The molecule has 0 unspecified atom stereocenters. The highest BCUT2D eigenvalue weighted by Crippen LogP contribution is 2.20. The molecular formula is C13H16FNO3. The fourth-order valence-electron chi connectivity index (χ4n) is 1.54. The fraction of sp³-hybridized carbons (Fsp3) is 0.462.